The van der Waals surface area contributed by atoms with Gasteiger partial charge in [-0.1, -0.05) is 12.1 Å². The number of methoxy groups -OCH3 is 1. The van der Waals surface area contributed by atoms with Crippen LogP contribution in [0, 0.1) is 0 Å². The van der Waals surface area contributed by atoms with Gasteiger partial charge in [0.2, 0.25) is 9.84 Å². The van der Waals surface area contributed by atoms with Crippen LogP contribution in [0.5, 0.6) is 5.75 Å². The third-order valence-electron chi connectivity index (χ3n) is 2.67. The topological polar surface area (TPSA) is 60.4 Å². The Bertz CT molecular complexity index is 705. The van der Waals surface area contributed by atoms with E-state index in [1.807, 2.05) is 24.3 Å². The largest absolute Gasteiger partial charge is 0.497 e. The predicted molar refractivity (Wildman–Crippen MR) is 83.7 cm³/mol. The number of rotatable bonds is 5. The quantitative estimate of drug-likeness (QED) is 0.791. The SMILES string of the molecule is COc1cccc(C[S@](=O)CC2=CS(=O)(=O)C(Br)=C2)c1. The molecule has 0 bridgehead atoms. The van der Waals surface area contributed by atoms with Gasteiger partial charge in [0.05, 0.1) is 7.11 Å². The Hall–Kier alpha value is -0.920. The molecule has 0 aromatic heterocycles. The molecule has 0 aliphatic carbocycles. The molecule has 1 atom stereocenters. The molecule has 1 aliphatic rings. The van der Waals surface area contributed by atoms with Gasteiger partial charge in [-0.25, -0.2) is 8.42 Å². The first-order valence-electron chi connectivity index (χ1n) is 5.71. The molecule has 0 radical (unpaired) electrons. The second kappa shape index (κ2) is 6.24. The number of benzene rings is 1. The Morgan fingerprint density at radius 1 is 1.30 bits per heavy atom. The number of hydrogen-bond acceptors (Lipinski definition) is 4. The van der Waals surface area contributed by atoms with Crippen LogP contribution in [0.3, 0.4) is 0 Å². The summed E-state index contributed by atoms with van der Waals surface area (Å²) in [5, 5.41) is 1.15. The van der Waals surface area contributed by atoms with Crippen molar-refractivity contribution in [3.8, 4) is 5.75 Å². The van der Waals surface area contributed by atoms with Gasteiger partial charge in [-0.15, -0.1) is 0 Å². The molecule has 0 saturated carbocycles. The summed E-state index contributed by atoms with van der Waals surface area (Å²) in [5.74, 6) is 1.29. The van der Waals surface area contributed by atoms with Crippen molar-refractivity contribution in [3.63, 3.8) is 0 Å². The highest BCUT2D eigenvalue weighted by Gasteiger charge is 2.21. The number of ether oxygens (including phenoxy) is 1. The fourth-order valence-electron chi connectivity index (χ4n) is 1.78. The van der Waals surface area contributed by atoms with Crippen molar-refractivity contribution in [2.24, 2.45) is 0 Å². The zero-order valence-corrected chi connectivity index (χ0v) is 13.9. The van der Waals surface area contributed by atoms with E-state index in [1.54, 1.807) is 7.11 Å². The molecule has 2 rings (SSSR count). The normalized spacial score (nSPS) is 18.3. The van der Waals surface area contributed by atoms with Gasteiger partial charge in [0.25, 0.3) is 0 Å². The van der Waals surface area contributed by atoms with E-state index in [0.29, 0.717) is 17.1 Å². The molecule has 108 valence electrons. The summed E-state index contributed by atoms with van der Waals surface area (Å²) in [4.78, 5) is 0. The smallest absolute Gasteiger partial charge is 0.206 e. The first-order chi connectivity index (χ1) is 9.40. The Labute approximate surface area is 129 Å². The summed E-state index contributed by atoms with van der Waals surface area (Å²) < 4.78 is 40.3. The molecule has 0 spiro atoms. The first kappa shape index (κ1) is 15.5. The molecule has 1 aromatic carbocycles. The molecule has 7 heteroatoms. The summed E-state index contributed by atoms with van der Waals surface area (Å²) in [6, 6.07) is 7.34. The number of sulfone groups is 1. The fourth-order valence-corrected chi connectivity index (χ4v) is 4.63. The number of halogens is 1. The van der Waals surface area contributed by atoms with Crippen LogP contribution in [-0.2, 0) is 26.4 Å². The lowest BCUT2D eigenvalue weighted by molar-refractivity contribution is 0.414. The minimum absolute atomic E-state index is 0.124. The van der Waals surface area contributed by atoms with Crippen molar-refractivity contribution in [1.82, 2.24) is 0 Å². The van der Waals surface area contributed by atoms with Gasteiger partial charge in [-0.05, 0) is 45.3 Å². The van der Waals surface area contributed by atoms with Gasteiger partial charge in [0, 0.05) is 27.7 Å². The van der Waals surface area contributed by atoms with Gasteiger partial charge < -0.3 is 4.74 Å². The van der Waals surface area contributed by atoms with Crippen molar-refractivity contribution >= 4 is 36.6 Å². The minimum Gasteiger partial charge on any atom is -0.497 e. The van der Waals surface area contributed by atoms with Crippen LogP contribution in [0.15, 0.2) is 45.1 Å². The van der Waals surface area contributed by atoms with Crippen LogP contribution in [0.1, 0.15) is 5.56 Å². The second-order valence-corrected chi connectivity index (χ2v) is 8.87. The highest BCUT2D eigenvalue weighted by Crippen LogP contribution is 2.27. The average Bonchev–Trinajstić information content (AvgIpc) is 2.62. The second-order valence-electron chi connectivity index (χ2n) is 4.27. The number of hydrogen-bond donors (Lipinski definition) is 0. The van der Waals surface area contributed by atoms with E-state index < -0.39 is 20.6 Å². The molecule has 0 unspecified atom stereocenters. The average molecular weight is 377 g/mol. The highest BCUT2D eigenvalue weighted by molar-refractivity contribution is 9.13. The Kier molecular flexibility index (Phi) is 4.82. The summed E-state index contributed by atoms with van der Waals surface area (Å²) in [5.41, 5.74) is 1.45. The van der Waals surface area contributed by atoms with Crippen LogP contribution in [0.2, 0.25) is 0 Å². The van der Waals surface area contributed by atoms with Crippen molar-refractivity contribution in [2.75, 3.05) is 12.9 Å². The molecule has 1 aromatic rings. The Balaban J connectivity index is 2.04. The number of allylic oxidation sites excluding steroid dienone is 1. The van der Waals surface area contributed by atoms with E-state index in [4.69, 9.17) is 4.74 Å². The molecule has 0 saturated heterocycles. The van der Waals surface area contributed by atoms with Crippen molar-refractivity contribution < 1.29 is 17.4 Å². The summed E-state index contributed by atoms with van der Waals surface area (Å²) in [6.07, 6.45) is 1.50. The molecule has 20 heavy (non-hydrogen) atoms. The molecule has 1 heterocycles. The maximum atomic E-state index is 12.1. The third kappa shape index (κ3) is 3.80. The van der Waals surface area contributed by atoms with Crippen molar-refractivity contribution in [1.29, 1.82) is 0 Å². The minimum atomic E-state index is -3.34. The highest BCUT2D eigenvalue weighted by atomic mass is 79.9. The lowest BCUT2D eigenvalue weighted by atomic mass is 10.2. The molecular formula is C13H13BrO4S2. The Morgan fingerprint density at radius 2 is 2.05 bits per heavy atom. The maximum Gasteiger partial charge on any atom is 0.206 e. The van der Waals surface area contributed by atoms with Gasteiger partial charge in [-0.3, -0.25) is 4.21 Å². The van der Waals surface area contributed by atoms with E-state index in [0.717, 1.165) is 11.0 Å². The van der Waals surface area contributed by atoms with Gasteiger partial charge in [0.1, 0.15) is 9.56 Å². The van der Waals surface area contributed by atoms with Gasteiger partial charge in [-0.2, -0.15) is 0 Å². The molecule has 1 aliphatic heterocycles. The molecule has 0 fully saturated rings. The molecular weight excluding hydrogens is 364 g/mol. The van der Waals surface area contributed by atoms with Crippen LogP contribution in [0.4, 0.5) is 0 Å². The van der Waals surface area contributed by atoms with Crippen molar-refractivity contribution in [3.05, 3.63) is 50.7 Å². The maximum absolute atomic E-state index is 12.1. The van der Waals surface area contributed by atoms with Crippen molar-refractivity contribution in [2.45, 2.75) is 5.75 Å². The summed E-state index contributed by atoms with van der Waals surface area (Å²) in [7, 11) is -2.94. The van der Waals surface area contributed by atoms with E-state index in [1.165, 1.54) is 6.08 Å². The zero-order chi connectivity index (χ0) is 14.8. The first-order valence-corrected chi connectivity index (χ1v) is 9.54. The lowest BCUT2D eigenvalue weighted by Crippen LogP contribution is -2.02. The van der Waals surface area contributed by atoms with Crippen LogP contribution < -0.4 is 4.74 Å². The van der Waals surface area contributed by atoms with Gasteiger partial charge >= 0.3 is 0 Å². The van der Waals surface area contributed by atoms with Gasteiger partial charge in [0.15, 0.2) is 0 Å². The zero-order valence-electron chi connectivity index (χ0n) is 10.7. The lowest BCUT2D eigenvalue weighted by Gasteiger charge is -2.04. The van der Waals surface area contributed by atoms with E-state index in [-0.39, 0.29) is 9.57 Å². The van der Waals surface area contributed by atoms with Crippen LogP contribution in [0.25, 0.3) is 0 Å². The van der Waals surface area contributed by atoms with Crippen LogP contribution in [-0.4, -0.2) is 25.5 Å². The standard InChI is InChI=1S/C13H13BrO4S2/c1-18-12-4-2-3-10(5-12)7-19(15)8-11-6-13(14)20(16,17)9-11/h2-6,9H,7-8H2,1H3/t19-/m0/s1. The fraction of sp³-hybridized carbons (Fsp3) is 0.231. The van der Waals surface area contributed by atoms with E-state index >= 15 is 0 Å². The third-order valence-corrected chi connectivity index (χ3v) is 6.83. The monoisotopic (exact) mass is 376 g/mol. The predicted octanol–water partition coefficient (Wildman–Crippen LogP) is 2.49. The van der Waals surface area contributed by atoms with E-state index in [9.17, 15) is 12.6 Å². The molecule has 0 amide bonds. The molecule has 0 N–H and O–H groups in total. The summed E-state index contributed by atoms with van der Waals surface area (Å²) in [6.45, 7) is 0. The molecule has 4 nitrogen and oxygen atoms in total. The Morgan fingerprint density at radius 3 is 2.65 bits per heavy atom. The summed E-state index contributed by atoms with van der Waals surface area (Å²) >= 11 is 2.98. The van der Waals surface area contributed by atoms with E-state index in [2.05, 4.69) is 15.9 Å². The van der Waals surface area contributed by atoms with Crippen LogP contribution >= 0.6 is 15.9 Å².